The van der Waals surface area contributed by atoms with Gasteiger partial charge in [0, 0.05) is 6.42 Å². The molecular weight excluding hydrogens is 164 g/mol. The summed E-state index contributed by atoms with van der Waals surface area (Å²) in [6.45, 7) is 2.05. The van der Waals surface area contributed by atoms with Crippen LogP contribution in [0.5, 0.6) is 0 Å². The number of hydrogen-bond acceptors (Lipinski definition) is 2. The first kappa shape index (κ1) is 10.0. The highest BCUT2D eigenvalue weighted by atomic mass is 16.1. The van der Waals surface area contributed by atoms with Crippen LogP contribution < -0.4 is 5.32 Å². The van der Waals surface area contributed by atoms with Gasteiger partial charge in [-0.15, -0.1) is 0 Å². The minimum absolute atomic E-state index is 0.0281. The van der Waals surface area contributed by atoms with Crippen LogP contribution in [0.2, 0.25) is 0 Å². The van der Waals surface area contributed by atoms with Crippen molar-refractivity contribution in [3.05, 3.63) is 0 Å². The number of unbranched alkanes of at least 4 members (excludes halogenated alkanes) is 1. The van der Waals surface area contributed by atoms with Gasteiger partial charge in [-0.05, 0) is 25.2 Å². The Morgan fingerprint density at radius 3 is 2.85 bits per heavy atom. The average Bonchev–Trinajstić information content (AvgIpc) is 2.94. The van der Waals surface area contributed by atoms with Crippen LogP contribution in [-0.2, 0) is 4.79 Å². The molecule has 13 heavy (non-hydrogen) atoms. The van der Waals surface area contributed by atoms with Crippen LogP contribution in [0.4, 0.5) is 0 Å². The van der Waals surface area contributed by atoms with Crippen molar-refractivity contribution in [3.8, 4) is 6.07 Å². The standard InChI is InChI=1S/C10H16N2O/c1-2-3-4-10(13)12-9(7-11)8-5-6-8/h8-9H,2-6H2,1H3,(H,12,13). The van der Waals surface area contributed by atoms with Gasteiger partial charge in [-0.2, -0.15) is 5.26 Å². The Hall–Kier alpha value is -1.04. The molecule has 72 valence electrons. The molecule has 1 fully saturated rings. The van der Waals surface area contributed by atoms with E-state index in [1.165, 1.54) is 0 Å². The van der Waals surface area contributed by atoms with Crippen LogP contribution in [0.3, 0.4) is 0 Å². The molecule has 0 heterocycles. The van der Waals surface area contributed by atoms with Gasteiger partial charge >= 0.3 is 0 Å². The molecule has 0 radical (unpaired) electrons. The van der Waals surface area contributed by atoms with Gasteiger partial charge in [-0.3, -0.25) is 4.79 Å². The van der Waals surface area contributed by atoms with Crippen molar-refractivity contribution in [2.24, 2.45) is 5.92 Å². The van der Waals surface area contributed by atoms with E-state index < -0.39 is 0 Å². The van der Waals surface area contributed by atoms with Gasteiger partial charge in [-0.25, -0.2) is 0 Å². The first-order valence-corrected chi connectivity index (χ1v) is 4.97. The Morgan fingerprint density at radius 1 is 1.69 bits per heavy atom. The van der Waals surface area contributed by atoms with Crippen molar-refractivity contribution in [3.63, 3.8) is 0 Å². The van der Waals surface area contributed by atoms with Gasteiger partial charge in [-0.1, -0.05) is 13.3 Å². The van der Waals surface area contributed by atoms with Crippen molar-refractivity contribution >= 4 is 5.91 Å². The molecule has 0 bridgehead atoms. The van der Waals surface area contributed by atoms with Crippen molar-refractivity contribution in [1.82, 2.24) is 5.32 Å². The number of nitrogens with zero attached hydrogens (tertiary/aromatic N) is 1. The number of nitrogens with one attached hydrogen (secondary N) is 1. The molecule has 3 nitrogen and oxygen atoms in total. The van der Waals surface area contributed by atoms with E-state index in [4.69, 9.17) is 5.26 Å². The number of nitriles is 1. The van der Waals surface area contributed by atoms with Gasteiger partial charge in [0.05, 0.1) is 6.07 Å². The monoisotopic (exact) mass is 180 g/mol. The maximum atomic E-state index is 11.2. The van der Waals surface area contributed by atoms with Gasteiger partial charge in [0.1, 0.15) is 6.04 Å². The van der Waals surface area contributed by atoms with E-state index in [-0.39, 0.29) is 11.9 Å². The number of hydrogen-bond donors (Lipinski definition) is 1. The lowest BCUT2D eigenvalue weighted by atomic mass is 10.2. The fourth-order valence-corrected chi connectivity index (χ4v) is 1.27. The lowest BCUT2D eigenvalue weighted by molar-refractivity contribution is -0.121. The summed E-state index contributed by atoms with van der Waals surface area (Å²) in [6, 6.07) is 1.91. The van der Waals surface area contributed by atoms with Crippen LogP contribution in [0.1, 0.15) is 39.0 Å². The molecule has 1 aliphatic rings. The third-order valence-corrected chi connectivity index (χ3v) is 2.31. The summed E-state index contributed by atoms with van der Waals surface area (Å²) in [5, 5.41) is 11.5. The van der Waals surface area contributed by atoms with E-state index in [1.807, 2.05) is 0 Å². The predicted molar refractivity (Wildman–Crippen MR) is 49.8 cm³/mol. The maximum absolute atomic E-state index is 11.2. The molecule has 1 N–H and O–H groups in total. The molecule has 1 aliphatic carbocycles. The number of carbonyl (C=O) groups is 1. The largest absolute Gasteiger partial charge is 0.340 e. The third kappa shape index (κ3) is 3.45. The van der Waals surface area contributed by atoms with Crippen molar-refractivity contribution in [1.29, 1.82) is 5.26 Å². The Labute approximate surface area is 79.1 Å². The van der Waals surface area contributed by atoms with Gasteiger partial charge in [0.25, 0.3) is 0 Å². The molecule has 0 aromatic carbocycles. The second kappa shape index (κ2) is 4.86. The second-order valence-corrected chi connectivity index (χ2v) is 3.62. The smallest absolute Gasteiger partial charge is 0.221 e. The molecule has 0 aromatic heterocycles. The molecule has 1 amide bonds. The Morgan fingerprint density at radius 2 is 2.38 bits per heavy atom. The Kier molecular flexibility index (Phi) is 3.75. The third-order valence-electron chi connectivity index (χ3n) is 2.31. The summed E-state index contributed by atoms with van der Waals surface area (Å²) in [4.78, 5) is 11.2. The maximum Gasteiger partial charge on any atom is 0.221 e. The van der Waals surface area contributed by atoms with Crippen molar-refractivity contribution < 1.29 is 4.79 Å². The van der Waals surface area contributed by atoms with E-state index in [9.17, 15) is 4.79 Å². The Bertz CT molecular complexity index is 215. The summed E-state index contributed by atoms with van der Waals surface area (Å²) in [6.07, 6.45) is 4.67. The zero-order valence-electron chi connectivity index (χ0n) is 8.05. The van der Waals surface area contributed by atoms with Gasteiger partial charge < -0.3 is 5.32 Å². The molecule has 0 aromatic rings. The molecule has 0 aliphatic heterocycles. The first-order chi connectivity index (χ1) is 6.27. The highest BCUT2D eigenvalue weighted by Gasteiger charge is 2.31. The molecule has 1 atom stereocenters. The van der Waals surface area contributed by atoms with Crippen LogP contribution >= 0.6 is 0 Å². The second-order valence-electron chi connectivity index (χ2n) is 3.62. The average molecular weight is 180 g/mol. The predicted octanol–water partition coefficient (Wildman–Crippen LogP) is 1.59. The summed E-state index contributed by atoms with van der Waals surface area (Å²) in [5.74, 6) is 0.455. The normalized spacial score (nSPS) is 17.5. The lowest BCUT2D eigenvalue weighted by Gasteiger charge is -2.09. The molecule has 3 heteroatoms. The summed E-state index contributed by atoms with van der Waals surface area (Å²) >= 11 is 0. The van der Waals surface area contributed by atoms with E-state index in [0.717, 1.165) is 25.7 Å². The minimum Gasteiger partial charge on any atom is -0.340 e. The van der Waals surface area contributed by atoms with Crippen LogP contribution in [-0.4, -0.2) is 11.9 Å². The van der Waals surface area contributed by atoms with Gasteiger partial charge in [0.2, 0.25) is 5.91 Å². The minimum atomic E-state index is -0.232. The highest BCUT2D eigenvalue weighted by molar-refractivity contribution is 5.76. The first-order valence-electron chi connectivity index (χ1n) is 4.97. The number of rotatable bonds is 5. The number of amides is 1. The number of carbonyl (C=O) groups excluding carboxylic acids is 1. The quantitative estimate of drug-likeness (QED) is 0.698. The van der Waals surface area contributed by atoms with E-state index in [0.29, 0.717) is 12.3 Å². The molecular formula is C10H16N2O. The SMILES string of the molecule is CCCCC(=O)NC(C#N)C1CC1. The highest BCUT2D eigenvalue weighted by Crippen LogP contribution is 2.32. The topological polar surface area (TPSA) is 52.9 Å². The molecule has 0 spiro atoms. The van der Waals surface area contributed by atoms with E-state index >= 15 is 0 Å². The van der Waals surface area contributed by atoms with Crippen LogP contribution in [0.25, 0.3) is 0 Å². The fourth-order valence-electron chi connectivity index (χ4n) is 1.27. The Balaban J connectivity index is 2.21. The van der Waals surface area contributed by atoms with Crippen LogP contribution in [0.15, 0.2) is 0 Å². The lowest BCUT2D eigenvalue weighted by Crippen LogP contribution is -2.35. The fraction of sp³-hybridized carbons (Fsp3) is 0.800. The molecule has 1 rings (SSSR count). The summed E-state index contributed by atoms with van der Waals surface area (Å²) in [5.41, 5.74) is 0. The summed E-state index contributed by atoms with van der Waals surface area (Å²) < 4.78 is 0. The van der Waals surface area contributed by atoms with Crippen molar-refractivity contribution in [2.75, 3.05) is 0 Å². The summed E-state index contributed by atoms with van der Waals surface area (Å²) in [7, 11) is 0. The zero-order valence-corrected chi connectivity index (χ0v) is 8.05. The van der Waals surface area contributed by atoms with Crippen molar-refractivity contribution in [2.45, 2.75) is 45.1 Å². The van der Waals surface area contributed by atoms with E-state index in [1.54, 1.807) is 0 Å². The van der Waals surface area contributed by atoms with E-state index in [2.05, 4.69) is 18.3 Å². The molecule has 1 unspecified atom stereocenters. The molecule has 0 saturated heterocycles. The zero-order chi connectivity index (χ0) is 9.68. The molecule has 1 saturated carbocycles. The van der Waals surface area contributed by atoms with Gasteiger partial charge in [0.15, 0.2) is 0 Å². The van der Waals surface area contributed by atoms with Crippen LogP contribution in [0, 0.1) is 17.2 Å².